The Morgan fingerprint density at radius 3 is 2.93 bits per heavy atom. The molecule has 2 heteroatoms. The van der Waals surface area contributed by atoms with Crippen LogP contribution in [0.1, 0.15) is 38.2 Å². The van der Waals surface area contributed by atoms with E-state index in [1.54, 1.807) is 0 Å². The first kappa shape index (κ1) is 11.6. The molecule has 80 valence electrons. The number of hydrogen-bond donors (Lipinski definition) is 0. The summed E-state index contributed by atoms with van der Waals surface area (Å²) in [4.78, 5) is 0. The SMILES string of the molecule is CCCC(C)c1cccc(OCC#N)c1. The maximum absolute atomic E-state index is 8.42. The first-order valence-corrected chi connectivity index (χ1v) is 5.37. The summed E-state index contributed by atoms with van der Waals surface area (Å²) >= 11 is 0. The molecule has 0 amide bonds. The maximum atomic E-state index is 8.42. The number of rotatable bonds is 5. The molecule has 0 aliphatic carbocycles. The number of ether oxygens (including phenoxy) is 1. The van der Waals surface area contributed by atoms with Crippen molar-refractivity contribution in [2.45, 2.75) is 32.6 Å². The van der Waals surface area contributed by atoms with E-state index in [9.17, 15) is 0 Å². The van der Waals surface area contributed by atoms with Gasteiger partial charge in [0.1, 0.15) is 11.8 Å². The van der Waals surface area contributed by atoms with Gasteiger partial charge in [-0.1, -0.05) is 32.4 Å². The number of nitrogens with zero attached hydrogens (tertiary/aromatic N) is 1. The maximum Gasteiger partial charge on any atom is 0.174 e. The van der Waals surface area contributed by atoms with Crippen LogP contribution in [0, 0.1) is 11.3 Å². The van der Waals surface area contributed by atoms with E-state index in [4.69, 9.17) is 10.00 Å². The van der Waals surface area contributed by atoms with E-state index < -0.39 is 0 Å². The van der Waals surface area contributed by atoms with Gasteiger partial charge in [-0.3, -0.25) is 0 Å². The lowest BCUT2D eigenvalue weighted by Gasteiger charge is -2.11. The smallest absolute Gasteiger partial charge is 0.174 e. The molecule has 1 aromatic carbocycles. The fourth-order valence-electron chi connectivity index (χ4n) is 1.63. The van der Waals surface area contributed by atoms with Gasteiger partial charge in [-0.15, -0.1) is 0 Å². The Balaban J connectivity index is 2.69. The van der Waals surface area contributed by atoms with Crippen molar-refractivity contribution in [2.75, 3.05) is 6.61 Å². The third-order valence-corrected chi connectivity index (χ3v) is 2.45. The molecular weight excluding hydrogens is 186 g/mol. The lowest BCUT2D eigenvalue weighted by atomic mass is 9.96. The van der Waals surface area contributed by atoms with Crippen molar-refractivity contribution >= 4 is 0 Å². The molecule has 0 aliphatic rings. The van der Waals surface area contributed by atoms with E-state index in [-0.39, 0.29) is 6.61 Å². The topological polar surface area (TPSA) is 33.0 Å². The second kappa shape index (κ2) is 6.08. The van der Waals surface area contributed by atoms with Gasteiger partial charge in [0.15, 0.2) is 6.61 Å². The molecule has 0 aromatic heterocycles. The van der Waals surface area contributed by atoms with E-state index in [1.807, 2.05) is 24.3 Å². The average Bonchev–Trinajstić information content (AvgIpc) is 2.27. The van der Waals surface area contributed by atoms with E-state index >= 15 is 0 Å². The standard InChI is InChI=1S/C13H17NO/c1-3-5-11(2)12-6-4-7-13(10-12)15-9-8-14/h4,6-7,10-11H,3,5,9H2,1-2H3. The minimum Gasteiger partial charge on any atom is -0.479 e. The van der Waals surface area contributed by atoms with Gasteiger partial charge < -0.3 is 4.74 Å². The zero-order chi connectivity index (χ0) is 11.1. The summed E-state index contributed by atoms with van der Waals surface area (Å²) in [6.07, 6.45) is 2.37. The van der Waals surface area contributed by atoms with Gasteiger partial charge in [0.25, 0.3) is 0 Å². The predicted molar refractivity (Wildman–Crippen MR) is 60.9 cm³/mol. The van der Waals surface area contributed by atoms with Crippen LogP contribution < -0.4 is 4.74 Å². The third kappa shape index (κ3) is 3.63. The molecule has 0 saturated carbocycles. The van der Waals surface area contributed by atoms with Gasteiger partial charge >= 0.3 is 0 Å². The van der Waals surface area contributed by atoms with Crippen molar-refractivity contribution in [1.29, 1.82) is 5.26 Å². The van der Waals surface area contributed by atoms with Crippen LogP contribution in [0.3, 0.4) is 0 Å². The zero-order valence-corrected chi connectivity index (χ0v) is 9.36. The highest BCUT2D eigenvalue weighted by molar-refractivity contribution is 5.30. The number of hydrogen-bond acceptors (Lipinski definition) is 2. The van der Waals surface area contributed by atoms with Crippen molar-refractivity contribution in [1.82, 2.24) is 0 Å². The van der Waals surface area contributed by atoms with Gasteiger partial charge in [0.05, 0.1) is 0 Å². The lowest BCUT2D eigenvalue weighted by Crippen LogP contribution is -1.96. The van der Waals surface area contributed by atoms with Crippen LogP contribution in [0.25, 0.3) is 0 Å². The van der Waals surface area contributed by atoms with Crippen LogP contribution in [-0.2, 0) is 0 Å². The van der Waals surface area contributed by atoms with Crippen LogP contribution >= 0.6 is 0 Å². The molecule has 0 spiro atoms. The summed E-state index contributed by atoms with van der Waals surface area (Å²) < 4.78 is 5.26. The van der Waals surface area contributed by atoms with E-state index in [2.05, 4.69) is 19.9 Å². The van der Waals surface area contributed by atoms with Crippen LogP contribution in [0.5, 0.6) is 5.75 Å². The molecule has 0 bridgehead atoms. The van der Waals surface area contributed by atoms with Crippen LogP contribution in [0.2, 0.25) is 0 Å². The fourth-order valence-corrected chi connectivity index (χ4v) is 1.63. The fraction of sp³-hybridized carbons (Fsp3) is 0.462. The van der Waals surface area contributed by atoms with Gasteiger partial charge in [0.2, 0.25) is 0 Å². The van der Waals surface area contributed by atoms with E-state index in [0.717, 1.165) is 5.75 Å². The number of nitriles is 1. The van der Waals surface area contributed by atoms with Crippen LogP contribution in [0.15, 0.2) is 24.3 Å². The second-order valence-corrected chi connectivity index (χ2v) is 3.71. The molecule has 1 rings (SSSR count). The molecule has 0 fully saturated rings. The zero-order valence-electron chi connectivity index (χ0n) is 9.36. The quantitative estimate of drug-likeness (QED) is 0.733. The van der Waals surface area contributed by atoms with Crippen molar-refractivity contribution in [2.24, 2.45) is 0 Å². The Morgan fingerprint density at radius 2 is 2.27 bits per heavy atom. The first-order valence-electron chi connectivity index (χ1n) is 5.37. The summed E-state index contributed by atoms with van der Waals surface area (Å²) in [6.45, 7) is 4.52. The lowest BCUT2D eigenvalue weighted by molar-refractivity contribution is 0.367. The van der Waals surface area contributed by atoms with E-state index in [1.165, 1.54) is 18.4 Å². The summed E-state index contributed by atoms with van der Waals surface area (Å²) in [5, 5.41) is 8.42. The Morgan fingerprint density at radius 1 is 1.47 bits per heavy atom. The third-order valence-electron chi connectivity index (χ3n) is 2.45. The minimum atomic E-state index is 0.117. The molecular formula is C13H17NO. The molecule has 0 radical (unpaired) electrons. The molecule has 0 N–H and O–H groups in total. The van der Waals surface area contributed by atoms with Gasteiger partial charge in [-0.2, -0.15) is 5.26 Å². The van der Waals surface area contributed by atoms with Gasteiger partial charge in [-0.05, 0) is 30.0 Å². The summed E-state index contributed by atoms with van der Waals surface area (Å²) in [5.41, 5.74) is 1.28. The van der Waals surface area contributed by atoms with Crippen molar-refractivity contribution in [3.63, 3.8) is 0 Å². The molecule has 1 aromatic rings. The van der Waals surface area contributed by atoms with E-state index in [0.29, 0.717) is 5.92 Å². The molecule has 0 heterocycles. The van der Waals surface area contributed by atoms with Gasteiger partial charge in [-0.25, -0.2) is 0 Å². The highest BCUT2D eigenvalue weighted by atomic mass is 16.5. The average molecular weight is 203 g/mol. The minimum absolute atomic E-state index is 0.117. The first-order chi connectivity index (χ1) is 7.27. The van der Waals surface area contributed by atoms with Crippen LogP contribution in [0.4, 0.5) is 0 Å². The molecule has 0 saturated heterocycles. The summed E-state index contributed by atoms with van der Waals surface area (Å²) in [7, 11) is 0. The number of benzene rings is 1. The highest BCUT2D eigenvalue weighted by Crippen LogP contribution is 2.24. The van der Waals surface area contributed by atoms with Crippen molar-refractivity contribution in [3.8, 4) is 11.8 Å². The Hall–Kier alpha value is -1.49. The molecule has 2 nitrogen and oxygen atoms in total. The monoisotopic (exact) mass is 203 g/mol. The highest BCUT2D eigenvalue weighted by Gasteiger charge is 2.05. The molecule has 1 atom stereocenters. The Bertz CT molecular complexity index is 341. The normalized spacial score (nSPS) is 11.8. The molecule has 15 heavy (non-hydrogen) atoms. The second-order valence-electron chi connectivity index (χ2n) is 3.71. The van der Waals surface area contributed by atoms with Crippen molar-refractivity contribution in [3.05, 3.63) is 29.8 Å². The van der Waals surface area contributed by atoms with Crippen LogP contribution in [-0.4, -0.2) is 6.61 Å². The summed E-state index contributed by atoms with van der Waals surface area (Å²) in [5.74, 6) is 1.35. The summed E-state index contributed by atoms with van der Waals surface area (Å²) in [6, 6.07) is 9.97. The van der Waals surface area contributed by atoms with Crippen molar-refractivity contribution < 1.29 is 4.74 Å². The largest absolute Gasteiger partial charge is 0.479 e. The predicted octanol–water partition coefficient (Wildman–Crippen LogP) is 3.49. The Labute approximate surface area is 91.5 Å². The molecule has 1 unspecified atom stereocenters. The molecule has 0 aliphatic heterocycles. The Kier molecular flexibility index (Phi) is 4.70. The van der Waals surface area contributed by atoms with Gasteiger partial charge in [0, 0.05) is 0 Å².